The van der Waals surface area contributed by atoms with E-state index in [1.165, 1.54) is 54.8 Å². The maximum absolute atomic E-state index is 5.31. The lowest BCUT2D eigenvalue weighted by molar-refractivity contribution is 1.16. The second kappa shape index (κ2) is 15.2. The Hall–Kier alpha value is -8.34. The van der Waals surface area contributed by atoms with E-state index in [1.807, 2.05) is 24.3 Å². The number of para-hydroxylation sites is 4. The molecule has 64 heavy (non-hydrogen) atoms. The van der Waals surface area contributed by atoms with Crippen molar-refractivity contribution in [2.75, 3.05) is 0 Å². The smallest absolute Gasteiger partial charge is 0.160 e. The Morgan fingerprint density at radius 2 is 0.828 bits per heavy atom. The lowest BCUT2D eigenvalue weighted by Crippen LogP contribution is -2.02. The molecule has 0 saturated heterocycles. The van der Waals surface area contributed by atoms with Crippen LogP contribution in [0.25, 0.3) is 111 Å². The number of hydrogen-bond donors (Lipinski definition) is 0. The molecule has 12 rings (SSSR count). The number of benzene rings is 9. The monoisotopic (exact) mass is 818 g/mol. The topological polar surface area (TPSA) is 35.6 Å². The first kappa shape index (κ1) is 37.4. The third kappa shape index (κ3) is 6.22. The number of hydrogen-bond acceptors (Lipinski definition) is 2. The van der Waals surface area contributed by atoms with E-state index in [1.54, 1.807) is 0 Å². The van der Waals surface area contributed by atoms with Gasteiger partial charge in [0, 0.05) is 49.4 Å². The number of aryl methyl sites for hydroxylation is 2. The van der Waals surface area contributed by atoms with Crippen molar-refractivity contribution in [1.82, 2.24) is 19.1 Å². The fourth-order valence-electron chi connectivity index (χ4n) is 9.79. The van der Waals surface area contributed by atoms with Crippen molar-refractivity contribution in [3.8, 4) is 67.5 Å². The van der Waals surface area contributed by atoms with Crippen LogP contribution in [-0.2, 0) is 0 Å². The molecule has 0 aliphatic rings. The Kier molecular flexibility index (Phi) is 8.91. The normalized spacial score (nSPS) is 11.6. The summed E-state index contributed by atoms with van der Waals surface area (Å²) in [6.07, 6.45) is 0. The van der Waals surface area contributed by atoms with Crippen LogP contribution in [0.5, 0.6) is 0 Å². The van der Waals surface area contributed by atoms with Gasteiger partial charge in [-0.25, -0.2) is 9.97 Å². The Morgan fingerprint density at radius 3 is 1.48 bits per heavy atom. The minimum atomic E-state index is 0.690. The van der Waals surface area contributed by atoms with E-state index in [-0.39, 0.29) is 0 Å². The molecule has 12 aromatic rings. The first-order valence-electron chi connectivity index (χ1n) is 21.9. The highest BCUT2D eigenvalue weighted by Crippen LogP contribution is 2.43. The molecule has 3 aromatic heterocycles. The fraction of sp³-hybridized carbons (Fsp3) is 0.0333. The molecule has 9 aromatic carbocycles. The number of fused-ring (bicyclic) bond motifs is 6. The summed E-state index contributed by atoms with van der Waals surface area (Å²) in [5, 5.41) is 4.89. The van der Waals surface area contributed by atoms with Crippen molar-refractivity contribution >= 4 is 43.6 Å². The molecule has 0 N–H and O–H groups in total. The lowest BCUT2D eigenvalue weighted by atomic mass is 9.96. The fourth-order valence-corrected chi connectivity index (χ4v) is 9.79. The predicted octanol–water partition coefficient (Wildman–Crippen LogP) is 15.6. The van der Waals surface area contributed by atoms with E-state index in [4.69, 9.17) is 9.97 Å². The number of aromatic nitrogens is 4. The third-order valence-electron chi connectivity index (χ3n) is 12.7. The summed E-state index contributed by atoms with van der Waals surface area (Å²) in [5.74, 6) is 0.690. The molecule has 0 amide bonds. The highest BCUT2D eigenvalue weighted by molar-refractivity contribution is 6.12. The van der Waals surface area contributed by atoms with Gasteiger partial charge in [-0.3, -0.25) is 0 Å². The largest absolute Gasteiger partial charge is 0.309 e. The average Bonchev–Trinajstić information content (AvgIpc) is 3.87. The maximum Gasteiger partial charge on any atom is 0.160 e. The molecule has 0 unspecified atom stereocenters. The van der Waals surface area contributed by atoms with E-state index in [9.17, 15) is 0 Å². The standard InChI is InChI=1S/C60H42N4/c1-39-29-32-45(40(2)35-39)43-30-33-58-50(36-43)48-23-11-16-28-57(48)64(58)59-34-31-44(53-38-52(41-17-5-3-6-18-41)61-60(62-53)42-19-7-4-8-20-42)37-51(59)49-24-12-15-27-56(49)63-54-25-13-9-21-46(54)47-22-10-14-26-55(47)63/h3-38H,1-2H3. The quantitative estimate of drug-likeness (QED) is 0.161. The number of nitrogens with zero attached hydrogens (tertiary/aromatic N) is 4. The second-order valence-electron chi connectivity index (χ2n) is 16.7. The van der Waals surface area contributed by atoms with Gasteiger partial charge >= 0.3 is 0 Å². The van der Waals surface area contributed by atoms with E-state index < -0.39 is 0 Å². The minimum Gasteiger partial charge on any atom is -0.309 e. The zero-order valence-corrected chi connectivity index (χ0v) is 35.6. The van der Waals surface area contributed by atoms with Gasteiger partial charge in [-0.2, -0.15) is 0 Å². The van der Waals surface area contributed by atoms with Gasteiger partial charge in [-0.1, -0.05) is 169 Å². The Bertz CT molecular complexity index is 3630. The van der Waals surface area contributed by atoms with Crippen molar-refractivity contribution < 1.29 is 0 Å². The van der Waals surface area contributed by atoms with Crippen molar-refractivity contribution in [1.29, 1.82) is 0 Å². The third-order valence-corrected chi connectivity index (χ3v) is 12.7. The van der Waals surface area contributed by atoms with Crippen molar-refractivity contribution in [3.63, 3.8) is 0 Å². The van der Waals surface area contributed by atoms with Gasteiger partial charge in [-0.15, -0.1) is 0 Å². The average molecular weight is 819 g/mol. The summed E-state index contributed by atoms with van der Waals surface area (Å²) in [6, 6.07) is 78.6. The van der Waals surface area contributed by atoms with Gasteiger partial charge in [0.05, 0.1) is 44.8 Å². The molecule has 302 valence electrons. The molecular formula is C60H42N4. The van der Waals surface area contributed by atoms with Crippen LogP contribution in [-0.4, -0.2) is 19.1 Å². The van der Waals surface area contributed by atoms with Gasteiger partial charge < -0.3 is 9.13 Å². The summed E-state index contributed by atoms with van der Waals surface area (Å²) in [5.41, 5.74) is 18.8. The molecule has 0 aliphatic carbocycles. The van der Waals surface area contributed by atoms with Gasteiger partial charge in [0.15, 0.2) is 5.82 Å². The highest BCUT2D eigenvalue weighted by atomic mass is 15.0. The maximum atomic E-state index is 5.31. The van der Waals surface area contributed by atoms with Crippen LogP contribution in [0.3, 0.4) is 0 Å². The molecule has 0 radical (unpaired) electrons. The number of rotatable bonds is 7. The Morgan fingerprint density at radius 1 is 0.312 bits per heavy atom. The van der Waals surface area contributed by atoms with Crippen molar-refractivity contribution in [3.05, 3.63) is 230 Å². The molecule has 4 heteroatoms. The summed E-state index contributed by atoms with van der Waals surface area (Å²) < 4.78 is 4.90. The van der Waals surface area contributed by atoms with E-state index >= 15 is 0 Å². The van der Waals surface area contributed by atoms with Crippen LogP contribution in [0.1, 0.15) is 11.1 Å². The van der Waals surface area contributed by atoms with Crippen LogP contribution in [0.15, 0.2) is 218 Å². The summed E-state index contributed by atoms with van der Waals surface area (Å²) in [4.78, 5) is 10.4. The van der Waals surface area contributed by atoms with Gasteiger partial charge in [0.2, 0.25) is 0 Å². The zero-order chi connectivity index (χ0) is 42.7. The molecule has 0 fully saturated rings. The molecule has 0 aliphatic heterocycles. The molecule has 0 bridgehead atoms. The van der Waals surface area contributed by atoms with Crippen LogP contribution in [0.2, 0.25) is 0 Å². The Labute approximate surface area is 372 Å². The SMILES string of the molecule is Cc1ccc(-c2ccc3c(c2)c2ccccc2n3-c2ccc(-c3cc(-c4ccccc4)nc(-c4ccccc4)n3)cc2-c2ccccc2-n2c3ccccc3c3ccccc32)c(C)c1. The van der Waals surface area contributed by atoms with Crippen LogP contribution in [0.4, 0.5) is 0 Å². The first-order valence-corrected chi connectivity index (χ1v) is 21.9. The first-order chi connectivity index (χ1) is 31.6. The lowest BCUT2D eigenvalue weighted by Gasteiger charge is -2.20. The van der Waals surface area contributed by atoms with E-state index in [0.717, 1.165) is 61.6 Å². The molecule has 4 nitrogen and oxygen atoms in total. The predicted molar refractivity (Wildman–Crippen MR) is 267 cm³/mol. The van der Waals surface area contributed by atoms with E-state index in [0.29, 0.717) is 5.82 Å². The van der Waals surface area contributed by atoms with Crippen molar-refractivity contribution in [2.45, 2.75) is 13.8 Å². The summed E-state index contributed by atoms with van der Waals surface area (Å²) in [6.45, 7) is 4.37. The summed E-state index contributed by atoms with van der Waals surface area (Å²) in [7, 11) is 0. The highest BCUT2D eigenvalue weighted by Gasteiger charge is 2.22. The Balaban J connectivity index is 1.15. The van der Waals surface area contributed by atoms with E-state index in [2.05, 4.69) is 217 Å². The molecule has 0 atom stereocenters. The molecule has 3 heterocycles. The van der Waals surface area contributed by atoms with Gasteiger partial charge in [-0.05, 0) is 85.1 Å². The van der Waals surface area contributed by atoms with Crippen molar-refractivity contribution in [2.24, 2.45) is 0 Å². The van der Waals surface area contributed by atoms with Crippen LogP contribution < -0.4 is 0 Å². The van der Waals surface area contributed by atoms with Gasteiger partial charge in [0.1, 0.15) is 0 Å². The summed E-state index contributed by atoms with van der Waals surface area (Å²) >= 11 is 0. The molecule has 0 spiro atoms. The van der Waals surface area contributed by atoms with Crippen LogP contribution >= 0.6 is 0 Å². The van der Waals surface area contributed by atoms with Gasteiger partial charge in [0.25, 0.3) is 0 Å². The zero-order valence-electron chi connectivity index (χ0n) is 35.6. The van der Waals surface area contributed by atoms with Crippen LogP contribution in [0, 0.1) is 13.8 Å². The molecule has 0 saturated carbocycles. The molecular weight excluding hydrogens is 777 g/mol. The minimum absolute atomic E-state index is 0.690. The second-order valence-corrected chi connectivity index (χ2v) is 16.7.